The molecule has 20 heavy (non-hydrogen) atoms. The van der Waals surface area contributed by atoms with E-state index in [9.17, 15) is 0 Å². The largest absolute Gasteiger partial charge is 0.497 e. The molecule has 0 aromatic heterocycles. The summed E-state index contributed by atoms with van der Waals surface area (Å²) in [4.78, 5) is 2.49. The first-order chi connectivity index (χ1) is 8.76. The number of hydrogen-bond acceptors (Lipinski definition) is 3. The minimum atomic E-state index is 0. The van der Waals surface area contributed by atoms with Crippen molar-refractivity contribution in [1.82, 2.24) is 4.90 Å². The molecule has 1 aliphatic heterocycles. The maximum atomic E-state index is 6.25. The molecule has 1 aliphatic carbocycles. The number of nitrogens with two attached hydrogens (primary N) is 1. The van der Waals surface area contributed by atoms with Crippen LogP contribution in [-0.2, 0) is 6.54 Å². The van der Waals surface area contributed by atoms with E-state index in [1.54, 1.807) is 7.11 Å². The molecular formula is C15H24Cl2N2O. The van der Waals surface area contributed by atoms with Crippen molar-refractivity contribution < 1.29 is 4.74 Å². The number of likely N-dealkylation sites (tertiary alicyclic amines) is 1. The Kier molecular flexibility index (Phi) is 6.59. The molecule has 0 amide bonds. The molecule has 1 heterocycles. The van der Waals surface area contributed by atoms with Crippen molar-refractivity contribution >= 4 is 24.8 Å². The Hall–Kier alpha value is -0.480. The van der Waals surface area contributed by atoms with E-state index in [2.05, 4.69) is 23.1 Å². The molecule has 2 fully saturated rings. The van der Waals surface area contributed by atoms with Crippen LogP contribution in [0.1, 0.15) is 18.4 Å². The van der Waals surface area contributed by atoms with Crippen LogP contribution in [0.2, 0.25) is 0 Å². The Bertz CT molecular complexity index is 426. The van der Waals surface area contributed by atoms with Crippen molar-refractivity contribution in [3.05, 3.63) is 29.8 Å². The number of ether oxygens (including phenoxy) is 1. The van der Waals surface area contributed by atoms with E-state index in [4.69, 9.17) is 10.5 Å². The van der Waals surface area contributed by atoms with Crippen LogP contribution < -0.4 is 10.5 Å². The molecule has 3 nitrogen and oxygen atoms in total. The standard InChI is InChI=1S/C15H22N2O.2ClH/c1-18-13-4-2-3-11(7-13)8-17-9-14(12-5-6-12)15(16)10-17;;/h2-4,7,12,14-15H,5-6,8-10,16H2,1H3;2*1H/t14-,15+;;/m1../s1. The molecule has 114 valence electrons. The van der Waals surface area contributed by atoms with Crippen LogP contribution in [-0.4, -0.2) is 31.1 Å². The molecule has 1 aromatic rings. The Morgan fingerprint density at radius 1 is 1.25 bits per heavy atom. The third-order valence-corrected chi connectivity index (χ3v) is 4.26. The van der Waals surface area contributed by atoms with E-state index in [1.807, 2.05) is 6.07 Å². The fourth-order valence-corrected chi connectivity index (χ4v) is 3.12. The minimum Gasteiger partial charge on any atom is -0.497 e. The zero-order valence-electron chi connectivity index (χ0n) is 11.8. The van der Waals surface area contributed by atoms with Crippen molar-refractivity contribution in [2.45, 2.75) is 25.4 Å². The van der Waals surface area contributed by atoms with Gasteiger partial charge in [0.05, 0.1) is 7.11 Å². The third-order valence-electron chi connectivity index (χ3n) is 4.26. The Morgan fingerprint density at radius 2 is 2.00 bits per heavy atom. The van der Waals surface area contributed by atoms with E-state index >= 15 is 0 Å². The van der Waals surface area contributed by atoms with Crippen LogP contribution in [0, 0.1) is 11.8 Å². The van der Waals surface area contributed by atoms with Gasteiger partial charge in [0.1, 0.15) is 5.75 Å². The monoisotopic (exact) mass is 318 g/mol. The van der Waals surface area contributed by atoms with Gasteiger partial charge in [0.25, 0.3) is 0 Å². The van der Waals surface area contributed by atoms with Gasteiger partial charge in [0.2, 0.25) is 0 Å². The number of methoxy groups -OCH3 is 1. The molecule has 2 aliphatic rings. The molecule has 2 N–H and O–H groups in total. The van der Waals surface area contributed by atoms with E-state index in [0.717, 1.165) is 30.7 Å². The summed E-state index contributed by atoms with van der Waals surface area (Å²) in [6, 6.07) is 8.71. The molecule has 1 aromatic carbocycles. The molecule has 3 rings (SSSR count). The van der Waals surface area contributed by atoms with Crippen LogP contribution in [0.15, 0.2) is 24.3 Å². The zero-order valence-corrected chi connectivity index (χ0v) is 13.5. The zero-order chi connectivity index (χ0) is 12.5. The fraction of sp³-hybridized carbons (Fsp3) is 0.600. The van der Waals surface area contributed by atoms with Gasteiger partial charge in [-0.2, -0.15) is 0 Å². The maximum Gasteiger partial charge on any atom is 0.119 e. The summed E-state index contributed by atoms with van der Waals surface area (Å²) in [7, 11) is 1.72. The number of halogens is 2. The second kappa shape index (κ2) is 7.51. The van der Waals surface area contributed by atoms with Crippen molar-refractivity contribution in [1.29, 1.82) is 0 Å². The Morgan fingerprint density at radius 3 is 2.65 bits per heavy atom. The van der Waals surface area contributed by atoms with Crippen LogP contribution in [0.5, 0.6) is 5.75 Å². The minimum absolute atomic E-state index is 0. The highest BCUT2D eigenvalue weighted by atomic mass is 35.5. The second-order valence-corrected chi connectivity index (χ2v) is 5.71. The molecular weight excluding hydrogens is 295 g/mol. The lowest BCUT2D eigenvalue weighted by Crippen LogP contribution is -2.30. The lowest BCUT2D eigenvalue weighted by atomic mass is 9.99. The van der Waals surface area contributed by atoms with E-state index in [1.165, 1.54) is 24.9 Å². The normalized spacial score (nSPS) is 25.7. The van der Waals surface area contributed by atoms with Gasteiger partial charge in [-0.1, -0.05) is 12.1 Å². The Balaban J connectivity index is 0.000001000. The summed E-state index contributed by atoms with van der Waals surface area (Å²) in [6.45, 7) is 3.20. The maximum absolute atomic E-state index is 6.25. The third kappa shape index (κ3) is 4.01. The topological polar surface area (TPSA) is 38.5 Å². The summed E-state index contributed by atoms with van der Waals surface area (Å²) in [6.07, 6.45) is 2.79. The van der Waals surface area contributed by atoms with Gasteiger partial charge in [-0.25, -0.2) is 0 Å². The number of benzene rings is 1. The van der Waals surface area contributed by atoms with Gasteiger partial charge in [0, 0.05) is 25.7 Å². The van der Waals surface area contributed by atoms with Crippen LogP contribution >= 0.6 is 24.8 Å². The lowest BCUT2D eigenvalue weighted by molar-refractivity contribution is 0.309. The molecule has 0 bridgehead atoms. The predicted molar refractivity (Wildman–Crippen MR) is 87.0 cm³/mol. The van der Waals surface area contributed by atoms with Crippen LogP contribution in [0.25, 0.3) is 0 Å². The van der Waals surface area contributed by atoms with E-state index in [0.29, 0.717) is 6.04 Å². The first-order valence-corrected chi connectivity index (χ1v) is 6.87. The molecule has 2 atom stereocenters. The summed E-state index contributed by atoms with van der Waals surface area (Å²) in [5.41, 5.74) is 7.57. The number of hydrogen-bond donors (Lipinski definition) is 1. The average molecular weight is 319 g/mol. The summed E-state index contributed by atoms with van der Waals surface area (Å²) in [5.74, 6) is 2.58. The molecule has 5 heteroatoms. The summed E-state index contributed by atoms with van der Waals surface area (Å²) in [5, 5.41) is 0. The van der Waals surface area contributed by atoms with Crippen LogP contribution in [0.4, 0.5) is 0 Å². The van der Waals surface area contributed by atoms with Gasteiger partial charge >= 0.3 is 0 Å². The predicted octanol–water partition coefficient (Wildman–Crippen LogP) is 2.71. The first kappa shape index (κ1) is 17.6. The molecule has 1 saturated carbocycles. The van der Waals surface area contributed by atoms with Crippen molar-refractivity contribution in [2.75, 3.05) is 20.2 Å². The van der Waals surface area contributed by atoms with Gasteiger partial charge in [-0.05, 0) is 42.4 Å². The van der Waals surface area contributed by atoms with Crippen molar-refractivity contribution in [3.63, 3.8) is 0 Å². The van der Waals surface area contributed by atoms with E-state index in [-0.39, 0.29) is 24.8 Å². The highest BCUT2D eigenvalue weighted by Gasteiger charge is 2.40. The lowest BCUT2D eigenvalue weighted by Gasteiger charge is -2.16. The first-order valence-electron chi connectivity index (χ1n) is 6.87. The van der Waals surface area contributed by atoms with Gasteiger partial charge in [-0.15, -0.1) is 24.8 Å². The molecule has 0 unspecified atom stereocenters. The highest BCUT2D eigenvalue weighted by Crippen LogP contribution is 2.41. The van der Waals surface area contributed by atoms with Gasteiger partial charge in [0.15, 0.2) is 0 Å². The van der Waals surface area contributed by atoms with Gasteiger partial charge < -0.3 is 10.5 Å². The number of nitrogens with zero attached hydrogens (tertiary/aromatic N) is 1. The highest BCUT2D eigenvalue weighted by molar-refractivity contribution is 5.85. The van der Waals surface area contributed by atoms with Crippen molar-refractivity contribution in [3.8, 4) is 5.75 Å². The molecule has 1 saturated heterocycles. The quantitative estimate of drug-likeness (QED) is 0.927. The second-order valence-electron chi connectivity index (χ2n) is 5.71. The number of rotatable bonds is 4. The smallest absolute Gasteiger partial charge is 0.119 e. The fourth-order valence-electron chi connectivity index (χ4n) is 3.12. The molecule has 0 radical (unpaired) electrons. The van der Waals surface area contributed by atoms with Gasteiger partial charge in [-0.3, -0.25) is 4.90 Å². The Labute approximate surface area is 133 Å². The van der Waals surface area contributed by atoms with Crippen LogP contribution in [0.3, 0.4) is 0 Å². The summed E-state index contributed by atoms with van der Waals surface area (Å²) < 4.78 is 5.27. The van der Waals surface area contributed by atoms with E-state index < -0.39 is 0 Å². The van der Waals surface area contributed by atoms with Crippen molar-refractivity contribution in [2.24, 2.45) is 17.6 Å². The molecule has 0 spiro atoms. The average Bonchev–Trinajstić information content (AvgIpc) is 3.15. The summed E-state index contributed by atoms with van der Waals surface area (Å²) >= 11 is 0. The SMILES string of the molecule is COc1cccc(CN2C[C@H](C3CC3)[C@@H](N)C2)c1.Cl.Cl.